The van der Waals surface area contributed by atoms with Gasteiger partial charge in [0, 0.05) is 21.0 Å². The van der Waals surface area contributed by atoms with Crippen LogP contribution >= 0.6 is 50.5 Å². The normalized spacial score (nSPS) is 18.6. The molecule has 0 saturated carbocycles. The molecule has 0 aromatic rings. The van der Waals surface area contributed by atoms with Crippen LogP contribution in [0.2, 0.25) is 0 Å². The molecule has 21 heteroatoms. The number of unbranched alkanes of at least 4 members (excludes halogenated alkanes) is 24. The molecule has 0 radical (unpaired) electrons. The molecule has 0 heterocycles. The highest BCUT2D eigenvalue weighted by molar-refractivity contribution is 7.81. The Kier molecular flexibility index (Phi) is 54.2. The number of aliphatic hydroxyl groups excluding tert-OH is 15. The SMILES string of the molecule is CCCCCCCCCC(S)CCC(CCC(S)CCCCCCCCC)(C[C@H](O)[C@H](O)CO)C(CCC(S)CCCCCCCCC)(C(=O)O)C(C[C@H](O)[C@H](O)CO)(C[C@H](O)[C@H](O)CO)C(C[C@H](O)[C@H](O)CO)(C[C@H](O)[C@H](O)CO)C(S)CCCCCCCCC. The van der Waals surface area contributed by atoms with Gasteiger partial charge in [-0.05, 0) is 113 Å². The zero-order valence-electron chi connectivity index (χ0n) is 57.9. The van der Waals surface area contributed by atoms with Crippen molar-refractivity contribution in [2.45, 2.75) is 386 Å². The molecular formula is C71H142O17S4. The number of carboxylic acids is 1. The van der Waals surface area contributed by atoms with Crippen molar-refractivity contribution >= 4 is 56.5 Å². The van der Waals surface area contributed by atoms with Crippen LogP contribution in [0.3, 0.4) is 0 Å². The van der Waals surface area contributed by atoms with Crippen LogP contribution in [0.1, 0.15) is 304 Å². The monoisotopic (exact) mass is 1390 g/mol. The second-order valence-corrected chi connectivity index (χ2v) is 30.9. The standard InChI is InChI=1S/C71H142O17S4/c1-5-9-13-17-21-25-29-33-53(89)37-40-68(43-56(77)61(82)48-72,41-38-54(90)34-30-26-22-18-14-10-6-2)71(67(87)88,42-39-55(91)35-31-27-23-19-15-11-7-3)70(46-59(80)64(85)51-75,47-60(81)65(86)52-76)69(44-57(78)62(83)49-73,45-58(79)63(84)50-74)66(92)36-32-28-24-20-16-12-8-4/h53-66,72-86,89-92H,5-52H2,1-4H3,(H,87,88)/t53?,54?,55?,56-,57-,58-,59-,60-,61+,62+,63+,64+,65+,66?,68?,71?/m0/s1. The van der Waals surface area contributed by atoms with E-state index < -0.39 is 181 Å². The maximum Gasteiger partial charge on any atom is 0.310 e. The lowest BCUT2D eigenvalue weighted by atomic mass is 9.35. The number of thiol groups is 4. The van der Waals surface area contributed by atoms with Crippen molar-refractivity contribution in [3.8, 4) is 0 Å². The van der Waals surface area contributed by atoms with Crippen molar-refractivity contribution in [3.05, 3.63) is 0 Å². The molecule has 0 saturated heterocycles. The van der Waals surface area contributed by atoms with Crippen molar-refractivity contribution in [2.24, 2.45) is 21.7 Å². The van der Waals surface area contributed by atoms with Crippen molar-refractivity contribution in [1.82, 2.24) is 0 Å². The summed E-state index contributed by atoms with van der Waals surface area (Å²) in [5, 5.41) is 188. The molecule has 0 aliphatic carbocycles. The minimum Gasteiger partial charge on any atom is -0.481 e. The highest BCUT2D eigenvalue weighted by Gasteiger charge is 2.74. The van der Waals surface area contributed by atoms with Gasteiger partial charge in [0.15, 0.2) is 0 Å². The Hall–Kier alpha value is 0.270. The number of hydrogen-bond acceptors (Lipinski definition) is 20. The van der Waals surface area contributed by atoms with E-state index in [-0.39, 0.29) is 38.5 Å². The highest BCUT2D eigenvalue weighted by Crippen LogP contribution is 2.74. The zero-order chi connectivity index (χ0) is 69.6. The molecule has 0 amide bonds. The molecular weight excluding hydrogens is 1250 g/mol. The Morgan fingerprint density at radius 1 is 0.304 bits per heavy atom. The van der Waals surface area contributed by atoms with Crippen LogP contribution in [0.4, 0.5) is 0 Å². The van der Waals surface area contributed by atoms with Crippen LogP contribution in [0.5, 0.6) is 0 Å². The third kappa shape index (κ3) is 32.7. The van der Waals surface area contributed by atoms with Gasteiger partial charge in [-0.25, -0.2) is 0 Å². The first-order valence-corrected chi connectivity index (χ1v) is 38.7. The van der Waals surface area contributed by atoms with E-state index in [1.165, 1.54) is 0 Å². The molecule has 17 nitrogen and oxygen atoms in total. The third-order valence-electron chi connectivity index (χ3n) is 21.0. The molecule has 0 bridgehead atoms. The number of carbonyl (C=O) groups is 1. The predicted octanol–water partition coefficient (Wildman–Crippen LogP) is 10.6. The molecule has 15 atom stereocenters. The van der Waals surface area contributed by atoms with E-state index in [1.807, 2.05) is 0 Å². The molecule has 0 aromatic carbocycles. The molecule has 552 valence electrons. The summed E-state index contributed by atoms with van der Waals surface area (Å²) in [7, 11) is 0. The fourth-order valence-corrected chi connectivity index (χ4v) is 16.8. The minimum absolute atomic E-state index is 0.0376. The minimum atomic E-state index is -2.67. The first-order valence-electron chi connectivity index (χ1n) is 36.7. The first-order chi connectivity index (χ1) is 43.9. The second kappa shape index (κ2) is 54.1. The number of rotatable bonds is 66. The molecule has 0 aliphatic heterocycles. The number of hydrogen-bond donors (Lipinski definition) is 20. The fraction of sp³-hybridized carbons (Fsp3) is 0.986. The van der Waals surface area contributed by atoms with Gasteiger partial charge < -0.3 is 81.7 Å². The Morgan fingerprint density at radius 3 is 0.815 bits per heavy atom. The van der Waals surface area contributed by atoms with Crippen LogP contribution in [0.25, 0.3) is 0 Å². The topological polar surface area (TPSA) is 341 Å². The van der Waals surface area contributed by atoms with Crippen LogP contribution in [0.15, 0.2) is 0 Å². The van der Waals surface area contributed by atoms with E-state index in [1.54, 1.807) is 0 Å². The van der Waals surface area contributed by atoms with Crippen molar-refractivity contribution in [2.75, 3.05) is 33.0 Å². The molecule has 0 fully saturated rings. The summed E-state index contributed by atoms with van der Waals surface area (Å²) in [6.45, 7) is 3.35. The molecule has 5 unspecified atom stereocenters. The third-order valence-corrected chi connectivity index (χ3v) is 23.3. The summed E-state index contributed by atoms with van der Waals surface area (Å²) in [6, 6.07) is 0. The van der Waals surface area contributed by atoms with E-state index in [2.05, 4.69) is 27.7 Å². The lowest BCUT2D eigenvalue weighted by molar-refractivity contribution is -0.249. The summed E-state index contributed by atoms with van der Waals surface area (Å²) >= 11 is 21.2. The Bertz CT molecular complexity index is 1670. The molecule has 0 aromatic heterocycles. The molecule has 16 N–H and O–H groups in total. The van der Waals surface area contributed by atoms with Gasteiger partial charge in [-0.2, -0.15) is 50.5 Å². The summed E-state index contributed by atoms with van der Waals surface area (Å²) in [6.07, 6.45) is 3.41. The maximum atomic E-state index is 16.7. The van der Waals surface area contributed by atoms with Crippen molar-refractivity contribution in [3.63, 3.8) is 0 Å². The van der Waals surface area contributed by atoms with Gasteiger partial charge in [-0.3, -0.25) is 4.79 Å². The van der Waals surface area contributed by atoms with Crippen LogP contribution in [-0.2, 0) is 4.79 Å². The van der Waals surface area contributed by atoms with E-state index >= 15 is 4.79 Å². The molecule has 0 aliphatic rings. The van der Waals surface area contributed by atoms with Gasteiger partial charge in [-0.1, -0.05) is 207 Å². The van der Waals surface area contributed by atoms with E-state index in [0.29, 0.717) is 38.5 Å². The summed E-state index contributed by atoms with van der Waals surface area (Å²) < 4.78 is 0. The maximum absolute atomic E-state index is 16.7. The number of aliphatic carboxylic acids is 1. The zero-order valence-corrected chi connectivity index (χ0v) is 61.5. The number of aliphatic hydroxyl groups is 15. The highest BCUT2D eigenvalue weighted by atomic mass is 32.1. The van der Waals surface area contributed by atoms with Crippen LogP contribution < -0.4 is 0 Å². The van der Waals surface area contributed by atoms with E-state index in [0.717, 1.165) is 161 Å². The Balaban J connectivity index is 10.4. The predicted molar refractivity (Wildman–Crippen MR) is 385 cm³/mol. The second-order valence-electron chi connectivity index (χ2n) is 28.1. The molecule has 92 heavy (non-hydrogen) atoms. The van der Waals surface area contributed by atoms with Gasteiger partial charge in [0.05, 0.1) is 69.0 Å². The Labute approximate surface area is 580 Å². The van der Waals surface area contributed by atoms with Gasteiger partial charge in [-0.15, -0.1) is 0 Å². The first kappa shape index (κ1) is 92.3. The van der Waals surface area contributed by atoms with Crippen LogP contribution in [-0.4, -0.2) is 203 Å². The summed E-state index contributed by atoms with van der Waals surface area (Å²) in [4.78, 5) is 16.7. The summed E-state index contributed by atoms with van der Waals surface area (Å²) in [5.41, 5.74) is -9.59. The van der Waals surface area contributed by atoms with E-state index in [4.69, 9.17) is 50.5 Å². The number of carboxylic acid groups (broad SMARTS) is 1. The van der Waals surface area contributed by atoms with Gasteiger partial charge in [0.2, 0.25) is 0 Å². The smallest absolute Gasteiger partial charge is 0.310 e. The van der Waals surface area contributed by atoms with Crippen molar-refractivity contribution in [1.29, 1.82) is 0 Å². The average molecular weight is 1400 g/mol. The van der Waals surface area contributed by atoms with Crippen LogP contribution in [0, 0.1) is 21.7 Å². The fourth-order valence-electron chi connectivity index (χ4n) is 15.2. The van der Waals surface area contributed by atoms with Gasteiger partial charge in [0.1, 0.15) is 30.5 Å². The van der Waals surface area contributed by atoms with E-state index in [9.17, 15) is 81.7 Å². The van der Waals surface area contributed by atoms with Gasteiger partial charge >= 0.3 is 5.97 Å². The largest absolute Gasteiger partial charge is 0.481 e. The lowest BCUT2D eigenvalue weighted by Crippen LogP contribution is -2.70. The Morgan fingerprint density at radius 2 is 0.543 bits per heavy atom. The van der Waals surface area contributed by atoms with Crippen molar-refractivity contribution < 1.29 is 86.5 Å². The van der Waals surface area contributed by atoms with Gasteiger partial charge in [0.25, 0.3) is 0 Å². The molecule has 0 rings (SSSR count). The molecule has 0 spiro atoms. The quantitative estimate of drug-likeness (QED) is 0.0199. The average Bonchev–Trinajstić information content (AvgIpc) is 0.681. The lowest BCUT2D eigenvalue weighted by Gasteiger charge is -2.69. The summed E-state index contributed by atoms with van der Waals surface area (Å²) in [5.74, 6) is -1.60.